The maximum absolute atomic E-state index is 12.1. The third-order valence-electron chi connectivity index (χ3n) is 3.49. The Morgan fingerprint density at radius 1 is 1.35 bits per heavy atom. The molecule has 2 aliphatic rings. The summed E-state index contributed by atoms with van der Waals surface area (Å²) in [6, 6.07) is 0.591. The zero-order chi connectivity index (χ0) is 13.9. The minimum Gasteiger partial charge on any atom is -0.357 e. The van der Waals surface area contributed by atoms with Gasteiger partial charge in [-0.2, -0.15) is 0 Å². The van der Waals surface area contributed by atoms with Crippen LogP contribution in [0.15, 0.2) is 4.34 Å². The molecule has 3 rings (SSSR count). The zero-order valence-corrected chi connectivity index (χ0v) is 13.2. The van der Waals surface area contributed by atoms with Gasteiger partial charge in [-0.25, -0.2) is 0 Å². The van der Waals surface area contributed by atoms with Crippen molar-refractivity contribution >= 4 is 34.1 Å². The molecule has 1 aromatic heterocycles. The van der Waals surface area contributed by atoms with Gasteiger partial charge in [0.25, 0.3) is 0 Å². The molecular weight excluding hydrogens is 294 g/mol. The predicted octanol–water partition coefficient (Wildman–Crippen LogP) is 0.978. The number of anilines is 1. The summed E-state index contributed by atoms with van der Waals surface area (Å²) in [6.45, 7) is 3.59. The van der Waals surface area contributed by atoms with Crippen LogP contribution < -0.4 is 5.32 Å². The number of hydrogen-bond donors (Lipinski definition) is 1. The third-order valence-corrected chi connectivity index (χ3v) is 5.46. The molecular formula is C12H19N5OS2. The van der Waals surface area contributed by atoms with E-state index in [-0.39, 0.29) is 5.91 Å². The van der Waals surface area contributed by atoms with Gasteiger partial charge in [0.15, 0.2) is 4.34 Å². The first-order valence-electron chi connectivity index (χ1n) is 6.90. The van der Waals surface area contributed by atoms with Gasteiger partial charge in [-0.05, 0) is 19.9 Å². The van der Waals surface area contributed by atoms with Crippen molar-refractivity contribution in [3.63, 3.8) is 0 Å². The molecule has 1 N–H and O–H groups in total. The Labute approximate surface area is 126 Å². The minimum atomic E-state index is 0.204. The van der Waals surface area contributed by atoms with Crippen LogP contribution in [0.1, 0.15) is 12.8 Å². The van der Waals surface area contributed by atoms with Gasteiger partial charge in [-0.3, -0.25) is 4.79 Å². The van der Waals surface area contributed by atoms with Crippen molar-refractivity contribution < 1.29 is 4.79 Å². The molecule has 1 amide bonds. The molecule has 1 saturated carbocycles. The van der Waals surface area contributed by atoms with E-state index in [1.807, 2.05) is 4.90 Å². The van der Waals surface area contributed by atoms with E-state index in [2.05, 4.69) is 27.5 Å². The first-order valence-corrected chi connectivity index (χ1v) is 8.70. The molecule has 1 aliphatic heterocycles. The first-order chi connectivity index (χ1) is 9.70. The number of likely N-dealkylation sites (N-methyl/N-ethyl adjacent to an activating group) is 1. The lowest BCUT2D eigenvalue weighted by Gasteiger charge is -2.32. The fourth-order valence-corrected chi connectivity index (χ4v) is 3.73. The summed E-state index contributed by atoms with van der Waals surface area (Å²) >= 11 is 3.03. The van der Waals surface area contributed by atoms with Crippen molar-refractivity contribution in [1.29, 1.82) is 0 Å². The second-order valence-corrected chi connectivity index (χ2v) is 7.46. The Bertz CT molecular complexity index is 468. The predicted molar refractivity (Wildman–Crippen MR) is 81.4 cm³/mol. The van der Waals surface area contributed by atoms with E-state index in [1.165, 1.54) is 24.6 Å². The monoisotopic (exact) mass is 313 g/mol. The molecule has 0 bridgehead atoms. The van der Waals surface area contributed by atoms with Crippen LogP contribution in [0.4, 0.5) is 5.13 Å². The van der Waals surface area contributed by atoms with Gasteiger partial charge in [0, 0.05) is 32.2 Å². The molecule has 2 heterocycles. The first kappa shape index (κ1) is 14.1. The Morgan fingerprint density at radius 2 is 2.10 bits per heavy atom. The van der Waals surface area contributed by atoms with Crippen LogP contribution in [0.2, 0.25) is 0 Å². The fourth-order valence-electron chi connectivity index (χ4n) is 2.00. The maximum Gasteiger partial charge on any atom is 0.233 e. The normalized spacial score (nSPS) is 20.1. The van der Waals surface area contributed by atoms with Crippen molar-refractivity contribution in [3.8, 4) is 0 Å². The lowest BCUT2D eigenvalue weighted by molar-refractivity contribution is -0.129. The van der Waals surface area contributed by atoms with Crippen molar-refractivity contribution in [2.75, 3.05) is 44.3 Å². The number of hydrogen-bond acceptors (Lipinski definition) is 7. The Balaban J connectivity index is 1.43. The quantitative estimate of drug-likeness (QED) is 0.818. The van der Waals surface area contributed by atoms with Gasteiger partial charge < -0.3 is 15.1 Å². The lowest BCUT2D eigenvalue weighted by Crippen LogP contribution is -2.47. The smallest absolute Gasteiger partial charge is 0.233 e. The van der Waals surface area contributed by atoms with Gasteiger partial charge in [0.1, 0.15) is 0 Å². The van der Waals surface area contributed by atoms with Crippen LogP contribution in [0.3, 0.4) is 0 Å². The highest BCUT2D eigenvalue weighted by Crippen LogP contribution is 2.30. The molecule has 0 unspecified atom stereocenters. The standard InChI is InChI=1S/C12H19N5OS2/c1-16-4-6-17(7-5-16)10(18)8-19-12-15-14-11(20-12)13-9-2-3-9/h9H,2-8H2,1H3,(H,13,14). The van der Waals surface area contributed by atoms with Gasteiger partial charge in [0.2, 0.25) is 11.0 Å². The number of thioether (sulfide) groups is 1. The van der Waals surface area contributed by atoms with Crippen molar-refractivity contribution in [2.45, 2.75) is 23.2 Å². The van der Waals surface area contributed by atoms with Gasteiger partial charge in [0.05, 0.1) is 5.75 Å². The molecule has 6 nitrogen and oxygen atoms in total. The molecule has 1 saturated heterocycles. The topological polar surface area (TPSA) is 61.4 Å². The molecule has 0 atom stereocenters. The van der Waals surface area contributed by atoms with Crippen molar-refractivity contribution in [2.24, 2.45) is 0 Å². The van der Waals surface area contributed by atoms with Gasteiger partial charge in [-0.15, -0.1) is 10.2 Å². The Morgan fingerprint density at radius 3 is 2.80 bits per heavy atom. The Hall–Kier alpha value is -0.860. The summed E-state index contributed by atoms with van der Waals surface area (Å²) in [5, 5.41) is 12.4. The van der Waals surface area contributed by atoms with E-state index in [0.29, 0.717) is 11.8 Å². The van der Waals surface area contributed by atoms with E-state index < -0.39 is 0 Å². The molecule has 0 spiro atoms. The average molecular weight is 313 g/mol. The number of nitrogens with one attached hydrogen (secondary N) is 1. The zero-order valence-electron chi connectivity index (χ0n) is 11.5. The lowest BCUT2D eigenvalue weighted by atomic mass is 10.3. The number of rotatable bonds is 5. The molecule has 2 fully saturated rings. The van der Waals surface area contributed by atoms with E-state index in [0.717, 1.165) is 35.7 Å². The van der Waals surface area contributed by atoms with E-state index in [1.54, 1.807) is 11.3 Å². The summed E-state index contributed by atoms with van der Waals surface area (Å²) in [5.74, 6) is 0.664. The van der Waals surface area contributed by atoms with Crippen LogP contribution in [-0.2, 0) is 4.79 Å². The molecule has 8 heteroatoms. The fraction of sp³-hybridized carbons (Fsp3) is 0.750. The number of piperazine rings is 1. The van der Waals surface area contributed by atoms with Crippen molar-refractivity contribution in [3.05, 3.63) is 0 Å². The summed E-state index contributed by atoms with van der Waals surface area (Å²) in [5.41, 5.74) is 0. The molecule has 1 aliphatic carbocycles. The second kappa shape index (κ2) is 6.28. The largest absolute Gasteiger partial charge is 0.357 e. The number of amides is 1. The van der Waals surface area contributed by atoms with Gasteiger partial charge >= 0.3 is 0 Å². The highest BCUT2D eigenvalue weighted by Gasteiger charge is 2.23. The van der Waals surface area contributed by atoms with Crippen LogP contribution in [-0.4, -0.2) is 70.9 Å². The molecule has 20 heavy (non-hydrogen) atoms. The van der Waals surface area contributed by atoms with E-state index in [4.69, 9.17) is 0 Å². The highest BCUT2D eigenvalue weighted by atomic mass is 32.2. The minimum absolute atomic E-state index is 0.204. The van der Waals surface area contributed by atoms with E-state index in [9.17, 15) is 4.79 Å². The number of nitrogens with zero attached hydrogens (tertiary/aromatic N) is 4. The summed E-state index contributed by atoms with van der Waals surface area (Å²) in [7, 11) is 2.09. The molecule has 0 radical (unpaired) electrons. The molecule has 1 aromatic rings. The van der Waals surface area contributed by atoms with E-state index >= 15 is 0 Å². The summed E-state index contributed by atoms with van der Waals surface area (Å²) < 4.78 is 0.871. The van der Waals surface area contributed by atoms with Crippen LogP contribution >= 0.6 is 23.1 Å². The molecule has 0 aromatic carbocycles. The van der Waals surface area contributed by atoms with Crippen LogP contribution in [0, 0.1) is 0 Å². The summed E-state index contributed by atoms with van der Waals surface area (Å²) in [6.07, 6.45) is 2.45. The third kappa shape index (κ3) is 3.83. The number of carbonyl (C=O) groups is 1. The van der Waals surface area contributed by atoms with Crippen LogP contribution in [0.25, 0.3) is 0 Å². The number of aromatic nitrogens is 2. The highest BCUT2D eigenvalue weighted by molar-refractivity contribution is 8.01. The second-order valence-electron chi connectivity index (χ2n) is 5.26. The average Bonchev–Trinajstić information content (AvgIpc) is 3.14. The van der Waals surface area contributed by atoms with Gasteiger partial charge in [-0.1, -0.05) is 23.1 Å². The molecule has 110 valence electrons. The van der Waals surface area contributed by atoms with Crippen LogP contribution in [0.5, 0.6) is 0 Å². The SMILES string of the molecule is CN1CCN(C(=O)CSc2nnc(NC3CC3)s2)CC1. The maximum atomic E-state index is 12.1. The Kier molecular flexibility index (Phi) is 4.42. The summed E-state index contributed by atoms with van der Waals surface area (Å²) in [4.78, 5) is 16.3. The van der Waals surface area contributed by atoms with Crippen molar-refractivity contribution in [1.82, 2.24) is 20.0 Å². The number of carbonyl (C=O) groups excluding carboxylic acids is 1.